The summed E-state index contributed by atoms with van der Waals surface area (Å²) < 4.78 is 0. The van der Waals surface area contributed by atoms with Gasteiger partial charge in [-0.25, -0.2) is 4.99 Å². The van der Waals surface area contributed by atoms with Crippen LogP contribution in [0.3, 0.4) is 0 Å². The lowest BCUT2D eigenvalue weighted by molar-refractivity contribution is 1.01. The van der Waals surface area contributed by atoms with E-state index in [1.165, 1.54) is 0 Å². The Labute approximate surface area is 124 Å². The summed E-state index contributed by atoms with van der Waals surface area (Å²) in [6.45, 7) is 1.98. The maximum Gasteiger partial charge on any atom is 0.175 e. The van der Waals surface area contributed by atoms with E-state index >= 15 is 0 Å². The molecule has 0 aliphatic rings. The highest BCUT2D eigenvalue weighted by Crippen LogP contribution is 2.16. The predicted molar refractivity (Wildman–Crippen MR) is 85.0 cm³/mol. The van der Waals surface area contributed by atoms with Crippen LogP contribution in [0.5, 0.6) is 0 Å². The van der Waals surface area contributed by atoms with Gasteiger partial charge in [-0.2, -0.15) is 5.10 Å². The Kier molecular flexibility index (Phi) is 3.83. The molecule has 0 atom stereocenters. The highest BCUT2D eigenvalue weighted by molar-refractivity contribution is 6.13. The Hall–Kier alpha value is -2.81. The van der Waals surface area contributed by atoms with Gasteiger partial charge in [0, 0.05) is 11.1 Å². The average Bonchev–Trinajstić information content (AvgIpc) is 2.54. The summed E-state index contributed by atoms with van der Waals surface area (Å²) in [4.78, 5) is 4.70. The fourth-order valence-corrected chi connectivity index (χ4v) is 2.11. The Morgan fingerprint density at radius 1 is 0.857 bits per heavy atom. The van der Waals surface area contributed by atoms with Crippen molar-refractivity contribution in [2.45, 2.75) is 6.92 Å². The lowest BCUT2D eigenvalue weighted by Gasteiger charge is -2.07. The lowest BCUT2D eigenvalue weighted by atomic mass is 10.0. The highest BCUT2D eigenvalue weighted by atomic mass is 15.1. The maximum absolute atomic E-state index is 4.70. The first-order valence-electron chi connectivity index (χ1n) is 6.82. The topological polar surface area (TPSA) is 38.1 Å². The van der Waals surface area contributed by atoms with Gasteiger partial charge in [-0.15, -0.1) is 5.10 Å². The Morgan fingerprint density at radius 2 is 1.43 bits per heavy atom. The van der Waals surface area contributed by atoms with Crippen LogP contribution in [0.2, 0.25) is 0 Å². The predicted octanol–water partition coefficient (Wildman–Crippen LogP) is 3.95. The van der Waals surface area contributed by atoms with Crippen molar-refractivity contribution in [1.29, 1.82) is 0 Å². The summed E-state index contributed by atoms with van der Waals surface area (Å²) in [5, 5.41) is 8.06. The fourth-order valence-electron chi connectivity index (χ4n) is 2.11. The minimum absolute atomic E-state index is 0.623. The first kappa shape index (κ1) is 13.2. The molecule has 3 heteroatoms. The summed E-state index contributed by atoms with van der Waals surface area (Å²) in [7, 11) is 0. The van der Waals surface area contributed by atoms with Crippen molar-refractivity contribution >= 4 is 11.5 Å². The van der Waals surface area contributed by atoms with E-state index in [-0.39, 0.29) is 0 Å². The standard InChI is InChI=1S/C18H15N3/c1-14-12-17(21-19-13-14)20-18(15-8-4-2-5-9-15)16-10-6-3-7-11-16/h2-13H,1H3. The van der Waals surface area contributed by atoms with Crippen LogP contribution < -0.4 is 0 Å². The van der Waals surface area contributed by atoms with E-state index in [1.807, 2.05) is 49.4 Å². The van der Waals surface area contributed by atoms with E-state index < -0.39 is 0 Å². The molecule has 0 radical (unpaired) electrons. The van der Waals surface area contributed by atoms with Gasteiger partial charge in [0.2, 0.25) is 0 Å². The summed E-state index contributed by atoms with van der Waals surface area (Å²) in [5.41, 5.74) is 4.07. The number of nitrogens with zero attached hydrogens (tertiary/aromatic N) is 3. The molecule has 102 valence electrons. The molecule has 0 bridgehead atoms. The summed E-state index contributed by atoms with van der Waals surface area (Å²) in [6, 6.07) is 22.2. The molecule has 0 unspecified atom stereocenters. The minimum Gasteiger partial charge on any atom is -0.226 e. The van der Waals surface area contributed by atoms with Gasteiger partial charge in [-0.3, -0.25) is 0 Å². The van der Waals surface area contributed by atoms with Crippen LogP contribution in [0, 0.1) is 6.92 Å². The van der Waals surface area contributed by atoms with Gasteiger partial charge in [0.15, 0.2) is 5.82 Å². The van der Waals surface area contributed by atoms with Crippen molar-refractivity contribution in [3.8, 4) is 0 Å². The third kappa shape index (κ3) is 3.20. The van der Waals surface area contributed by atoms with E-state index in [1.54, 1.807) is 6.20 Å². The van der Waals surface area contributed by atoms with Gasteiger partial charge < -0.3 is 0 Å². The van der Waals surface area contributed by atoms with Gasteiger partial charge in [-0.1, -0.05) is 60.7 Å². The van der Waals surface area contributed by atoms with Crippen LogP contribution in [0.15, 0.2) is 77.9 Å². The lowest BCUT2D eigenvalue weighted by Crippen LogP contribution is -2.03. The van der Waals surface area contributed by atoms with Crippen molar-refractivity contribution in [2.75, 3.05) is 0 Å². The molecule has 0 N–H and O–H groups in total. The molecule has 0 spiro atoms. The van der Waals surface area contributed by atoms with Crippen LogP contribution in [-0.4, -0.2) is 15.9 Å². The highest BCUT2D eigenvalue weighted by Gasteiger charge is 2.07. The first-order chi connectivity index (χ1) is 10.3. The number of aliphatic imine (C=N–C) groups is 1. The van der Waals surface area contributed by atoms with Crippen LogP contribution in [0.4, 0.5) is 5.82 Å². The van der Waals surface area contributed by atoms with Crippen LogP contribution in [-0.2, 0) is 0 Å². The van der Waals surface area contributed by atoms with Gasteiger partial charge in [-0.05, 0) is 18.6 Å². The quantitative estimate of drug-likeness (QED) is 0.678. The molecule has 3 nitrogen and oxygen atoms in total. The van der Waals surface area contributed by atoms with Gasteiger partial charge in [0.25, 0.3) is 0 Å². The van der Waals surface area contributed by atoms with E-state index in [0.717, 1.165) is 22.4 Å². The Bertz CT molecular complexity index is 708. The van der Waals surface area contributed by atoms with Crippen LogP contribution in [0.25, 0.3) is 0 Å². The van der Waals surface area contributed by atoms with Crippen molar-refractivity contribution in [3.05, 3.63) is 89.6 Å². The van der Waals surface area contributed by atoms with E-state index in [4.69, 9.17) is 4.99 Å². The number of rotatable bonds is 3. The molecule has 0 aliphatic heterocycles. The van der Waals surface area contributed by atoms with Crippen molar-refractivity contribution < 1.29 is 0 Å². The van der Waals surface area contributed by atoms with Crippen molar-refractivity contribution in [2.24, 2.45) is 4.99 Å². The molecule has 3 rings (SSSR count). The Balaban J connectivity index is 2.13. The zero-order valence-electron chi connectivity index (χ0n) is 11.8. The van der Waals surface area contributed by atoms with E-state index in [2.05, 4.69) is 34.5 Å². The summed E-state index contributed by atoms with van der Waals surface area (Å²) >= 11 is 0. The first-order valence-corrected chi connectivity index (χ1v) is 6.82. The molecule has 0 fully saturated rings. The molecule has 1 aromatic heterocycles. The number of aromatic nitrogens is 2. The summed E-state index contributed by atoms with van der Waals surface area (Å²) in [6.07, 6.45) is 1.73. The molecule has 21 heavy (non-hydrogen) atoms. The van der Waals surface area contributed by atoms with Crippen molar-refractivity contribution in [3.63, 3.8) is 0 Å². The average molecular weight is 273 g/mol. The fraction of sp³-hybridized carbons (Fsp3) is 0.0556. The molecule has 3 aromatic rings. The van der Waals surface area contributed by atoms with Gasteiger partial charge >= 0.3 is 0 Å². The molecule has 1 heterocycles. The molecule has 0 saturated carbocycles. The second kappa shape index (κ2) is 6.09. The third-order valence-corrected chi connectivity index (χ3v) is 3.10. The molecule has 2 aromatic carbocycles. The third-order valence-electron chi connectivity index (χ3n) is 3.10. The molecule has 0 saturated heterocycles. The largest absolute Gasteiger partial charge is 0.226 e. The minimum atomic E-state index is 0.623. The summed E-state index contributed by atoms with van der Waals surface area (Å²) in [5.74, 6) is 0.623. The number of aryl methyl sites for hydroxylation is 1. The monoisotopic (exact) mass is 273 g/mol. The van der Waals surface area contributed by atoms with E-state index in [9.17, 15) is 0 Å². The van der Waals surface area contributed by atoms with E-state index in [0.29, 0.717) is 5.82 Å². The normalized spacial score (nSPS) is 10.1. The number of benzene rings is 2. The molecular formula is C18H15N3. The van der Waals surface area contributed by atoms with Gasteiger partial charge in [0.05, 0.1) is 11.9 Å². The number of hydrogen-bond acceptors (Lipinski definition) is 3. The second-order valence-electron chi connectivity index (χ2n) is 4.78. The molecule has 0 aliphatic carbocycles. The van der Waals surface area contributed by atoms with Gasteiger partial charge in [0.1, 0.15) is 0 Å². The van der Waals surface area contributed by atoms with Crippen LogP contribution >= 0.6 is 0 Å². The second-order valence-corrected chi connectivity index (χ2v) is 4.78. The zero-order chi connectivity index (χ0) is 14.5. The molecule has 0 amide bonds. The van der Waals surface area contributed by atoms with Crippen LogP contribution in [0.1, 0.15) is 16.7 Å². The van der Waals surface area contributed by atoms with Crippen molar-refractivity contribution in [1.82, 2.24) is 10.2 Å². The SMILES string of the molecule is Cc1cnnc(N=C(c2ccccc2)c2ccccc2)c1. The smallest absolute Gasteiger partial charge is 0.175 e. The Morgan fingerprint density at radius 3 is 1.95 bits per heavy atom. The number of hydrogen-bond donors (Lipinski definition) is 0. The molecular weight excluding hydrogens is 258 g/mol. The maximum atomic E-state index is 4.70. The zero-order valence-corrected chi connectivity index (χ0v) is 11.8.